The maximum absolute atomic E-state index is 12.4. The van der Waals surface area contributed by atoms with Crippen molar-refractivity contribution in [3.63, 3.8) is 0 Å². The van der Waals surface area contributed by atoms with Gasteiger partial charge in [-0.05, 0) is 25.5 Å². The number of hydrogen-bond donors (Lipinski definition) is 0. The molecule has 0 atom stereocenters. The lowest BCUT2D eigenvalue weighted by atomic mass is 10.2. The fourth-order valence-corrected chi connectivity index (χ4v) is 4.89. The van der Waals surface area contributed by atoms with Crippen molar-refractivity contribution in [1.82, 2.24) is 0 Å². The third-order valence-corrected chi connectivity index (χ3v) is 6.74. The molecule has 2 aromatic rings. The molecule has 6 nitrogen and oxygen atoms in total. The highest BCUT2D eigenvalue weighted by Crippen LogP contribution is 2.35. The monoisotopic (exact) mass is 418 g/mol. The molecule has 0 radical (unpaired) electrons. The van der Waals surface area contributed by atoms with Crippen molar-refractivity contribution < 1.29 is 25.2 Å². The number of hydrogen-bond acceptors (Lipinski definition) is 7. The van der Waals surface area contributed by atoms with E-state index in [0.717, 1.165) is 36.2 Å². The molecule has 0 amide bonds. The van der Waals surface area contributed by atoms with Crippen LogP contribution in [0.15, 0.2) is 39.9 Å². The van der Waals surface area contributed by atoms with E-state index in [2.05, 4.69) is 0 Å². The van der Waals surface area contributed by atoms with Crippen molar-refractivity contribution in [2.75, 3.05) is 5.75 Å². The minimum atomic E-state index is -4.07. The van der Waals surface area contributed by atoms with Gasteiger partial charge in [-0.1, -0.05) is 43.9 Å². The average molecular weight is 419 g/mol. The Labute approximate surface area is 159 Å². The summed E-state index contributed by atoms with van der Waals surface area (Å²) in [4.78, 5) is -0.0114. The normalized spacial score (nSPS) is 12.1. The third-order valence-electron chi connectivity index (χ3n) is 3.57. The van der Waals surface area contributed by atoms with Gasteiger partial charge < -0.3 is 8.37 Å². The third kappa shape index (κ3) is 6.00. The summed E-state index contributed by atoms with van der Waals surface area (Å²) in [6, 6.07) is 6.17. The predicted molar refractivity (Wildman–Crippen MR) is 102 cm³/mol. The lowest BCUT2D eigenvalue weighted by Gasteiger charge is -2.09. The highest BCUT2D eigenvalue weighted by atomic mass is 32.2. The van der Waals surface area contributed by atoms with E-state index in [1.807, 2.05) is 13.8 Å². The van der Waals surface area contributed by atoms with Crippen molar-refractivity contribution in [3.8, 4) is 11.5 Å². The first-order valence-corrected chi connectivity index (χ1v) is 12.2. The van der Waals surface area contributed by atoms with Gasteiger partial charge in [-0.15, -0.1) is 11.3 Å². The van der Waals surface area contributed by atoms with E-state index in [0.29, 0.717) is 6.42 Å². The van der Waals surface area contributed by atoms with Crippen molar-refractivity contribution in [1.29, 1.82) is 0 Å². The van der Waals surface area contributed by atoms with E-state index in [1.165, 1.54) is 22.9 Å². The minimum Gasteiger partial charge on any atom is -0.377 e. The summed E-state index contributed by atoms with van der Waals surface area (Å²) in [5.74, 6) is -0.360. The van der Waals surface area contributed by atoms with Gasteiger partial charge in [-0.2, -0.15) is 16.8 Å². The van der Waals surface area contributed by atoms with Crippen LogP contribution in [-0.4, -0.2) is 22.6 Å². The quantitative estimate of drug-likeness (QED) is 0.426. The van der Waals surface area contributed by atoms with Gasteiger partial charge in [-0.3, -0.25) is 0 Å². The Bertz CT molecular complexity index is 912. The SMILES string of the molecule is CCCCCCS(=O)(=O)Oc1cscc1OS(=O)(=O)c1ccc(C)cc1. The van der Waals surface area contributed by atoms with E-state index in [-0.39, 0.29) is 22.1 Å². The maximum Gasteiger partial charge on any atom is 0.339 e. The summed E-state index contributed by atoms with van der Waals surface area (Å²) in [6.45, 7) is 3.88. The molecule has 144 valence electrons. The number of rotatable bonds is 10. The number of thiophene rings is 1. The van der Waals surface area contributed by atoms with Crippen LogP contribution in [0.5, 0.6) is 11.5 Å². The number of unbranched alkanes of at least 4 members (excludes halogenated alkanes) is 3. The molecule has 0 unspecified atom stereocenters. The van der Waals surface area contributed by atoms with Gasteiger partial charge in [0.1, 0.15) is 4.90 Å². The second-order valence-electron chi connectivity index (χ2n) is 5.86. The largest absolute Gasteiger partial charge is 0.377 e. The molecule has 0 saturated heterocycles. The van der Waals surface area contributed by atoms with Gasteiger partial charge in [0, 0.05) is 10.8 Å². The molecule has 1 heterocycles. The van der Waals surface area contributed by atoms with Crippen LogP contribution in [0.1, 0.15) is 38.2 Å². The fourth-order valence-electron chi connectivity index (χ4n) is 2.15. The first-order valence-electron chi connectivity index (χ1n) is 8.23. The Hall–Kier alpha value is -1.58. The average Bonchev–Trinajstić information content (AvgIpc) is 2.97. The van der Waals surface area contributed by atoms with E-state index in [4.69, 9.17) is 8.37 Å². The smallest absolute Gasteiger partial charge is 0.339 e. The summed E-state index contributed by atoms with van der Waals surface area (Å²) >= 11 is 1.10. The number of aryl methyl sites for hydroxylation is 1. The van der Waals surface area contributed by atoms with Gasteiger partial charge in [0.25, 0.3) is 0 Å². The Morgan fingerprint density at radius 1 is 0.885 bits per heavy atom. The Morgan fingerprint density at radius 3 is 2.12 bits per heavy atom. The summed E-state index contributed by atoms with van der Waals surface area (Å²) in [7, 11) is -7.87. The molecule has 0 aliphatic carbocycles. The van der Waals surface area contributed by atoms with Crippen LogP contribution in [0.4, 0.5) is 0 Å². The topological polar surface area (TPSA) is 86.7 Å². The van der Waals surface area contributed by atoms with E-state index < -0.39 is 20.2 Å². The second-order valence-corrected chi connectivity index (χ2v) is 9.84. The molecule has 0 aliphatic heterocycles. The van der Waals surface area contributed by atoms with Crippen LogP contribution in [-0.2, 0) is 20.2 Å². The molecule has 0 aliphatic rings. The van der Waals surface area contributed by atoms with Crippen LogP contribution < -0.4 is 8.37 Å². The molecule has 0 bridgehead atoms. The van der Waals surface area contributed by atoms with Crippen LogP contribution in [0, 0.1) is 6.92 Å². The van der Waals surface area contributed by atoms with Crippen LogP contribution in [0.2, 0.25) is 0 Å². The first-order chi connectivity index (χ1) is 12.2. The molecule has 0 spiro atoms. The maximum atomic E-state index is 12.4. The van der Waals surface area contributed by atoms with Crippen molar-refractivity contribution in [2.24, 2.45) is 0 Å². The highest BCUT2D eigenvalue weighted by Gasteiger charge is 2.22. The second kappa shape index (κ2) is 8.88. The van der Waals surface area contributed by atoms with Crippen LogP contribution in [0.3, 0.4) is 0 Å². The summed E-state index contributed by atoms with van der Waals surface area (Å²) in [5.41, 5.74) is 0.915. The van der Waals surface area contributed by atoms with Crippen LogP contribution in [0.25, 0.3) is 0 Å². The van der Waals surface area contributed by atoms with E-state index >= 15 is 0 Å². The Kier molecular flexibility index (Phi) is 7.08. The molecular weight excluding hydrogens is 396 g/mol. The molecule has 1 aromatic carbocycles. The molecule has 9 heteroatoms. The standard InChI is InChI=1S/C17H22O6S3/c1-3-4-5-6-11-25(18,19)22-16-12-24-13-17(16)23-26(20,21)15-9-7-14(2)8-10-15/h7-10,12-13H,3-6,11H2,1-2H3. The lowest BCUT2D eigenvalue weighted by Crippen LogP contribution is -2.15. The molecule has 0 saturated carbocycles. The predicted octanol–water partition coefficient (Wildman–Crippen LogP) is 4.11. The fraction of sp³-hybridized carbons (Fsp3) is 0.412. The van der Waals surface area contributed by atoms with Gasteiger partial charge in [0.05, 0.1) is 5.75 Å². The van der Waals surface area contributed by atoms with E-state index in [1.54, 1.807) is 12.1 Å². The molecule has 0 fully saturated rings. The minimum absolute atomic E-state index is 0.0114. The van der Waals surface area contributed by atoms with Gasteiger partial charge in [0.2, 0.25) is 0 Å². The lowest BCUT2D eigenvalue weighted by molar-refractivity contribution is 0.450. The van der Waals surface area contributed by atoms with Crippen molar-refractivity contribution in [2.45, 2.75) is 44.4 Å². The first kappa shape index (κ1) is 20.7. The molecular formula is C17H22O6S3. The van der Waals surface area contributed by atoms with Gasteiger partial charge >= 0.3 is 20.2 Å². The van der Waals surface area contributed by atoms with Crippen LogP contribution >= 0.6 is 11.3 Å². The zero-order chi connectivity index (χ0) is 19.2. The summed E-state index contributed by atoms with van der Waals surface area (Å²) < 4.78 is 59.0. The van der Waals surface area contributed by atoms with Crippen molar-refractivity contribution >= 4 is 31.6 Å². The molecule has 0 N–H and O–H groups in total. The van der Waals surface area contributed by atoms with Gasteiger partial charge in [-0.25, -0.2) is 0 Å². The molecule has 26 heavy (non-hydrogen) atoms. The van der Waals surface area contributed by atoms with Gasteiger partial charge in [0.15, 0.2) is 11.5 Å². The number of benzene rings is 1. The summed E-state index contributed by atoms with van der Waals surface area (Å²) in [5, 5.41) is 2.80. The Balaban J connectivity index is 2.09. The van der Waals surface area contributed by atoms with Crippen molar-refractivity contribution in [3.05, 3.63) is 40.6 Å². The Morgan fingerprint density at radius 2 is 1.50 bits per heavy atom. The zero-order valence-corrected chi connectivity index (χ0v) is 17.1. The summed E-state index contributed by atoms with van der Waals surface area (Å²) in [6.07, 6.45) is 3.25. The molecule has 1 aromatic heterocycles. The highest BCUT2D eigenvalue weighted by molar-refractivity contribution is 7.87. The zero-order valence-electron chi connectivity index (χ0n) is 14.7. The molecule has 2 rings (SSSR count). The van der Waals surface area contributed by atoms with E-state index in [9.17, 15) is 16.8 Å².